The maximum absolute atomic E-state index is 12.6. The predicted molar refractivity (Wildman–Crippen MR) is 71.4 cm³/mol. The molecule has 2 rings (SSSR count). The van der Waals surface area contributed by atoms with E-state index < -0.39 is 12.4 Å². The molecule has 0 bridgehead atoms. The van der Waals surface area contributed by atoms with Crippen LogP contribution in [0.2, 0.25) is 0 Å². The average Bonchev–Trinajstić information content (AvgIpc) is 2.40. The lowest BCUT2D eigenvalue weighted by Crippen LogP contribution is -2.33. The third kappa shape index (κ3) is 3.66. The minimum absolute atomic E-state index is 0.123. The Morgan fingerprint density at radius 2 is 1.90 bits per heavy atom. The summed E-state index contributed by atoms with van der Waals surface area (Å²) in [6.45, 7) is -4.63. The molecule has 20 heavy (non-hydrogen) atoms. The van der Waals surface area contributed by atoms with Gasteiger partial charge in [0.05, 0.1) is 6.54 Å². The smallest absolute Gasteiger partial charge is 0.492 e. The van der Waals surface area contributed by atoms with Crippen LogP contribution in [0.4, 0.5) is 12.9 Å². The molecule has 1 heterocycles. The number of aromatic nitrogens is 1. The molecule has 0 aliphatic rings. The van der Waals surface area contributed by atoms with Crippen molar-refractivity contribution in [2.24, 2.45) is 0 Å². The number of benzene rings is 1. The zero-order valence-corrected chi connectivity index (χ0v) is 10.5. The first-order chi connectivity index (χ1) is 9.47. The molecule has 0 aliphatic heterocycles. The van der Waals surface area contributed by atoms with Crippen LogP contribution >= 0.6 is 0 Å². The van der Waals surface area contributed by atoms with Gasteiger partial charge in [0.2, 0.25) is 0 Å². The maximum Gasteiger partial charge on any atom is 0.509 e. The Labute approximate surface area is 113 Å². The maximum atomic E-state index is 12.6. The summed E-state index contributed by atoms with van der Waals surface area (Å²) in [5, 5.41) is 0. The van der Waals surface area contributed by atoms with E-state index in [9.17, 15) is 17.7 Å². The lowest BCUT2D eigenvalue weighted by molar-refractivity contribution is 0.296. The first-order valence-corrected chi connectivity index (χ1v) is 6.05. The van der Waals surface area contributed by atoms with E-state index in [-0.39, 0.29) is 24.5 Å². The van der Waals surface area contributed by atoms with Crippen LogP contribution in [-0.2, 0) is 6.54 Å². The zero-order chi connectivity index (χ0) is 14.6. The second-order valence-corrected chi connectivity index (χ2v) is 4.23. The highest BCUT2D eigenvalue weighted by molar-refractivity contribution is 6.73. The molecular formula is C13H12BF3NO2-. The molecule has 0 N–H and O–H groups in total. The van der Waals surface area contributed by atoms with Gasteiger partial charge in [-0.15, -0.1) is 5.46 Å². The molecule has 0 aliphatic carbocycles. The molecular weight excluding hydrogens is 270 g/mol. The van der Waals surface area contributed by atoms with Crippen LogP contribution in [0.1, 0.15) is 0 Å². The molecule has 106 valence electrons. The largest absolute Gasteiger partial charge is 0.509 e. The van der Waals surface area contributed by atoms with E-state index in [2.05, 4.69) is 0 Å². The number of hydrogen-bond acceptors (Lipinski definition) is 2. The monoisotopic (exact) mass is 282 g/mol. The van der Waals surface area contributed by atoms with Gasteiger partial charge in [0.25, 0.3) is 5.56 Å². The minimum Gasteiger partial charge on any atom is -0.492 e. The molecule has 0 saturated heterocycles. The van der Waals surface area contributed by atoms with Crippen LogP contribution in [0.3, 0.4) is 0 Å². The van der Waals surface area contributed by atoms with E-state index in [1.807, 2.05) is 0 Å². The van der Waals surface area contributed by atoms with Crippen LogP contribution in [0, 0.1) is 0 Å². The second kappa shape index (κ2) is 5.86. The third-order valence-electron chi connectivity index (χ3n) is 2.74. The lowest BCUT2D eigenvalue weighted by atomic mass is 9.80. The molecule has 1 aromatic carbocycles. The zero-order valence-electron chi connectivity index (χ0n) is 10.5. The molecule has 0 spiro atoms. The molecule has 0 radical (unpaired) electrons. The fourth-order valence-corrected chi connectivity index (χ4v) is 1.72. The first-order valence-electron chi connectivity index (χ1n) is 6.05. The van der Waals surface area contributed by atoms with Crippen molar-refractivity contribution in [3.63, 3.8) is 0 Å². The van der Waals surface area contributed by atoms with Crippen molar-refractivity contribution in [2.75, 3.05) is 6.61 Å². The van der Waals surface area contributed by atoms with E-state index in [4.69, 9.17) is 4.74 Å². The standard InChI is InChI=1S/C13H12BF3NO2/c15-14(16,17)11-4-3-5-12(10-11)20-9-8-18-7-2-1-6-13(18)19/h1-7,10H,8-9H2/q-1. The van der Waals surface area contributed by atoms with Gasteiger partial charge in [-0.25, -0.2) is 0 Å². The van der Waals surface area contributed by atoms with Crippen molar-refractivity contribution < 1.29 is 17.7 Å². The molecule has 0 atom stereocenters. The SMILES string of the molecule is O=c1ccccn1CCOc1cccc([B-](F)(F)F)c1. The topological polar surface area (TPSA) is 31.2 Å². The molecule has 0 saturated carbocycles. The van der Waals surface area contributed by atoms with Gasteiger partial charge in [0.15, 0.2) is 0 Å². The predicted octanol–water partition coefficient (Wildman–Crippen LogP) is 1.98. The van der Waals surface area contributed by atoms with Gasteiger partial charge in [0, 0.05) is 12.3 Å². The summed E-state index contributed by atoms with van der Waals surface area (Å²) in [7, 11) is 0. The summed E-state index contributed by atoms with van der Waals surface area (Å²) in [4.78, 5) is 11.4. The Hall–Kier alpha value is -2.18. The number of nitrogens with zero attached hydrogens (tertiary/aromatic N) is 1. The Balaban J connectivity index is 1.98. The highest BCUT2D eigenvalue weighted by Crippen LogP contribution is 2.14. The highest BCUT2D eigenvalue weighted by Gasteiger charge is 2.25. The molecule has 7 heteroatoms. The van der Waals surface area contributed by atoms with Crippen LogP contribution < -0.4 is 15.8 Å². The molecule has 0 amide bonds. The second-order valence-electron chi connectivity index (χ2n) is 4.23. The van der Waals surface area contributed by atoms with Crippen molar-refractivity contribution in [3.8, 4) is 5.75 Å². The summed E-state index contributed by atoms with van der Waals surface area (Å²) in [6, 6.07) is 9.46. The van der Waals surface area contributed by atoms with Gasteiger partial charge < -0.3 is 22.3 Å². The van der Waals surface area contributed by atoms with E-state index in [0.717, 1.165) is 12.1 Å². The Morgan fingerprint density at radius 3 is 2.60 bits per heavy atom. The number of rotatable bonds is 5. The quantitative estimate of drug-likeness (QED) is 0.785. The number of pyridine rings is 1. The van der Waals surface area contributed by atoms with Crippen molar-refractivity contribution in [1.29, 1.82) is 0 Å². The van der Waals surface area contributed by atoms with Gasteiger partial charge in [0.1, 0.15) is 12.4 Å². The van der Waals surface area contributed by atoms with E-state index >= 15 is 0 Å². The normalized spacial score (nSPS) is 11.3. The van der Waals surface area contributed by atoms with Crippen LogP contribution in [0.15, 0.2) is 53.5 Å². The summed E-state index contributed by atoms with van der Waals surface area (Å²) >= 11 is 0. The fraction of sp³-hybridized carbons (Fsp3) is 0.154. The summed E-state index contributed by atoms with van der Waals surface area (Å²) in [6.07, 6.45) is 1.60. The lowest BCUT2D eigenvalue weighted by Gasteiger charge is -2.16. The Kier molecular flexibility index (Phi) is 4.17. The van der Waals surface area contributed by atoms with E-state index in [1.165, 1.54) is 22.8 Å². The molecule has 2 aromatic rings. The van der Waals surface area contributed by atoms with Gasteiger partial charge >= 0.3 is 6.98 Å². The Morgan fingerprint density at radius 1 is 1.10 bits per heavy atom. The van der Waals surface area contributed by atoms with Crippen molar-refractivity contribution in [3.05, 3.63) is 59.0 Å². The van der Waals surface area contributed by atoms with E-state index in [0.29, 0.717) is 0 Å². The van der Waals surface area contributed by atoms with Gasteiger partial charge in [-0.1, -0.05) is 18.2 Å². The summed E-state index contributed by atoms with van der Waals surface area (Å²) in [5.41, 5.74) is -0.872. The Bertz CT molecular complexity index is 640. The highest BCUT2D eigenvalue weighted by atomic mass is 19.4. The van der Waals surface area contributed by atoms with E-state index in [1.54, 1.807) is 18.3 Å². The molecule has 1 aromatic heterocycles. The fourth-order valence-electron chi connectivity index (χ4n) is 1.72. The van der Waals surface area contributed by atoms with Crippen LogP contribution in [-0.4, -0.2) is 18.2 Å². The average molecular weight is 282 g/mol. The van der Waals surface area contributed by atoms with Crippen molar-refractivity contribution in [2.45, 2.75) is 6.54 Å². The summed E-state index contributed by atoms with van der Waals surface area (Å²) in [5.74, 6) is 0.144. The van der Waals surface area contributed by atoms with Crippen LogP contribution in [0.5, 0.6) is 5.75 Å². The molecule has 0 unspecified atom stereocenters. The summed E-state index contributed by atoms with van der Waals surface area (Å²) < 4.78 is 44.4. The number of hydrogen-bond donors (Lipinski definition) is 0. The molecule has 0 fully saturated rings. The number of halogens is 3. The minimum atomic E-state index is -5.03. The third-order valence-corrected chi connectivity index (χ3v) is 2.74. The molecule has 3 nitrogen and oxygen atoms in total. The first kappa shape index (κ1) is 14.2. The van der Waals surface area contributed by atoms with Crippen molar-refractivity contribution >= 4 is 12.4 Å². The van der Waals surface area contributed by atoms with Gasteiger partial charge in [-0.05, 0) is 18.2 Å². The van der Waals surface area contributed by atoms with Crippen molar-refractivity contribution in [1.82, 2.24) is 4.57 Å². The number of ether oxygens (including phenoxy) is 1. The van der Waals surface area contributed by atoms with Crippen LogP contribution in [0.25, 0.3) is 0 Å². The van der Waals surface area contributed by atoms with Gasteiger partial charge in [-0.3, -0.25) is 4.79 Å². The van der Waals surface area contributed by atoms with Gasteiger partial charge in [-0.2, -0.15) is 0 Å².